The summed E-state index contributed by atoms with van der Waals surface area (Å²) < 4.78 is 0. The van der Waals surface area contributed by atoms with Crippen LogP contribution in [0.25, 0.3) is 0 Å². The molecular weight excluding hydrogens is 94.0 g/mol. The fourth-order valence-electron chi connectivity index (χ4n) is 0.0354. The summed E-state index contributed by atoms with van der Waals surface area (Å²) in [6.07, 6.45) is 0. The molecule has 0 aromatic rings. The van der Waals surface area contributed by atoms with Crippen molar-refractivity contribution < 1.29 is 10.2 Å². The molecule has 3 heteroatoms. The molecule has 0 heterocycles. The summed E-state index contributed by atoms with van der Waals surface area (Å²) in [6, 6.07) is 1.50. The molecule has 0 saturated carbocycles. The van der Waals surface area contributed by atoms with Gasteiger partial charge in [-0.05, 0) is 6.92 Å². The average molecular weight is 101 g/mol. The number of nitriles is 1. The summed E-state index contributed by atoms with van der Waals surface area (Å²) in [5.41, 5.74) is -1.56. The van der Waals surface area contributed by atoms with Crippen molar-refractivity contribution in [2.24, 2.45) is 0 Å². The van der Waals surface area contributed by atoms with Crippen LogP contribution >= 0.6 is 0 Å². The van der Waals surface area contributed by atoms with E-state index in [0.29, 0.717) is 0 Å². The van der Waals surface area contributed by atoms with Gasteiger partial charge in [-0.25, -0.2) is 0 Å². The van der Waals surface area contributed by atoms with Crippen LogP contribution < -0.4 is 0 Å². The monoisotopic (exact) mass is 101 g/mol. The largest absolute Gasteiger partial charge is 0.392 e. The number of aliphatic hydroxyl groups is 2. The van der Waals surface area contributed by atoms with Gasteiger partial charge in [0.25, 0.3) is 0 Å². The van der Waals surface area contributed by atoms with Crippen LogP contribution in [-0.2, 0) is 0 Å². The number of rotatable bonds is 1. The van der Waals surface area contributed by atoms with Crippen LogP contribution in [0.3, 0.4) is 0 Å². The quantitative estimate of drug-likeness (QED) is 0.427. The van der Waals surface area contributed by atoms with Crippen molar-refractivity contribution in [2.45, 2.75) is 12.5 Å². The lowest BCUT2D eigenvalue weighted by Crippen LogP contribution is -2.25. The van der Waals surface area contributed by atoms with Crippen molar-refractivity contribution in [3.63, 3.8) is 0 Å². The molecule has 0 bridgehead atoms. The Morgan fingerprint density at radius 1 is 1.86 bits per heavy atom. The molecule has 0 aliphatic rings. The fourth-order valence-corrected chi connectivity index (χ4v) is 0.0354. The molecule has 0 radical (unpaired) electrons. The zero-order valence-electron chi connectivity index (χ0n) is 4.05. The summed E-state index contributed by atoms with van der Waals surface area (Å²) >= 11 is 0. The Hall–Kier alpha value is -0.590. The van der Waals surface area contributed by atoms with Crippen molar-refractivity contribution in [1.82, 2.24) is 0 Å². The normalized spacial score (nSPS) is 17.4. The molecule has 0 spiro atoms. The molecule has 0 fully saturated rings. The molecule has 7 heavy (non-hydrogen) atoms. The van der Waals surface area contributed by atoms with Crippen LogP contribution in [0.4, 0.5) is 0 Å². The lowest BCUT2D eigenvalue weighted by molar-refractivity contribution is 0.0501. The van der Waals surface area contributed by atoms with Crippen LogP contribution in [0.1, 0.15) is 6.92 Å². The third-order valence-corrected chi connectivity index (χ3v) is 0.549. The van der Waals surface area contributed by atoms with Crippen LogP contribution in [0.5, 0.6) is 0 Å². The molecule has 0 saturated heterocycles. The van der Waals surface area contributed by atoms with Gasteiger partial charge in [-0.15, -0.1) is 0 Å². The van der Waals surface area contributed by atoms with Gasteiger partial charge in [0.1, 0.15) is 0 Å². The summed E-state index contributed by atoms with van der Waals surface area (Å²) in [4.78, 5) is 0. The van der Waals surface area contributed by atoms with Crippen molar-refractivity contribution in [3.05, 3.63) is 0 Å². The molecule has 40 valence electrons. The van der Waals surface area contributed by atoms with Gasteiger partial charge in [0.15, 0.2) is 5.60 Å². The zero-order chi connectivity index (χ0) is 5.91. The van der Waals surface area contributed by atoms with Gasteiger partial charge in [-0.1, -0.05) is 0 Å². The highest BCUT2D eigenvalue weighted by Gasteiger charge is 2.15. The second-order valence-electron chi connectivity index (χ2n) is 1.54. The molecule has 0 aliphatic carbocycles. The first-order valence-corrected chi connectivity index (χ1v) is 1.87. The Bertz CT molecular complexity index is 92.4. The van der Waals surface area contributed by atoms with Gasteiger partial charge < -0.3 is 10.2 Å². The first kappa shape index (κ1) is 6.41. The molecule has 0 rings (SSSR count). The fraction of sp³-hybridized carbons (Fsp3) is 0.750. The summed E-state index contributed by atoms with van der Waals surface area (Å²) in [6.45, 7) is 0.733. The topological polar surface area (TPSA) is 64.2 Å². The van der Waals surface area contributed by atoms with Crippen molar-refractivity contribution >= 4 is 0 Å². The Balaban J connectivity index is 3.66. The predicted octanol–water partition coefficient (Wildman–Crippen LogP) is -0.747. The molecule has 3 nitrogen and oxygen atoms in total. The second-order valence-corrected chi connectivity index (χ2v) is 1.54. The lowest BCUT2D eigenvalue weighted by atomic mass is 10.1. The smallest absolute Gasteiger partial charge is 0.171 e. The Morgan fingerprint density at radius 2 is 2.29 bits per heavy atom. The van der Waals surface area contributed by atoms with Crippen LogP contribution in [0, 0.1) is 11.3 Å². The first-order valence-electron chi connectivity index (χ1n) is 1.87. The highest BCUT2D eigenvalue weighted by molar-refractivity contribution is 4.95. The SMILES string of the molecule is CC(O)(C#N)CO. The van der Waals surface area contributed by atoms with E-state index < -0.39 is 12.2 Å². The van der Waals surface area contributed by atoms with Crippen LogP contribution in [0.2, 0.25) is 0 Å². The van der Waals surface area contributed by atoms with E-state index in [-0.39, 0.29) is 0 Å². The van der Waals surface area contributed by atoms with Gasteiger partial charge in [-0.3, -0.25) is 0 Å². The maximum atomic E-state index is 8.52. The Morgan fingerprint density at radius 3 is 2.29 bits per heavy atom. The number of hydrogen-bond donors (Lipinski definition) is 2. The Labute approximate surface area is 41.8 Å². The maximum absolute atomic E-state index is 8.52. The van der Waals surface area contributed by atoms with Crippen LogP contribution in [-0.4, -0.2) is 22.4 Å². The van der Waals surface area contributed by atoms with Crippen molar-refractivity contribution in [2.75, 3.05) is 6.61 Å². The number of aliphatic hydroxyl groups excluding tert-OH is 1. The van der Waals surface area contributed by atoms with E-state index in [0.717, 1.165) is 0 Å². The van der Waals surface area contributed by atoms with Gasteiger partial charge >= 0.3 is 0 Å². The third-order valence-electron chi connectivity index (χ3n) is 0.549. The van der Waals surface area contributed by atoms with Gasteiger partial charge in [-0.2, -0.15) is 5.26 Å². The Kier molecular flexibility index (Phi) is 1.75. The minimum Gasteiger partial charge on any atom is -0.392 e. The molecule has 1 unspecified atom stereocenters. The third kappa shape index (κ3) is 2.15. The average Bonchev–Trinajstić information content (AvgIpc) is 1.68. The molecule has 0 aliphatic heterocycles. The molecule has 1 atom stereocenters. The molecule has 2 N–H and O–H groups in total. The molecule has 0 aromatic heterocycles. The summed E-state index contributed by atoms with van der Waals surface area (Å²) in [5.74, 6) is 0. The van der Waals surface area contributed by atoms with E-state index in [1.54, 1.807) is 0 Å². The first-order chi connectivity index (χ1) is 3.12. The molecular formula is C4H7NO2. The van der Waals surface area contributed by atoms with Gasteiger partial charge in [0.2, 0.25) is 0 Å². The minimum absolute atomic E-state index is 0.510. The summed E-state index contributed by atoms with van der Waals surface area (Å²) in [5, 5.41) is 24.6. The minimum atomic E-state index is -1.56. The van der Waals surface area contributed by atoms with E-state index >= 15 is 0 Å². The van der Waals surface area contributed by atoms with Crippen molar-refractivity contribution in [1.29, 1.82) is 5.26 Å². The molecule has 0 amide bonds. The lowest BCUT2D eigenvalue weighted by Gasteiger charge is -2.06. The molecule has 0 aromatic carbocycles. The van der Waals surface area contributed by atoms with E-state index in [1.165, 1.54) is 13.0 Å². The highest BCUT2D eigenvalue weighted by Crippen LogP contribution is 1.95. The zero-order valence-corrected chi connectivity index (χ0v) is 4.05. The van der Waals surface area contributed by atoms with Crippen molar-refractivity contribution in [3.8, 4) is 6.07 Å². The number of hydrogen-bond acceptors (Lipinski definition) is 3. The van der Waals surface area contributed by atoms with Gasteiger partial charge in [0.05, 0.1) is 12.7 Å². The maximum Gasteiger partial charge on any atom is 0.171 e. The summed E-state index contributed by atoms with van der Waals surface area (Å²) in [7, 11) is 0. The van der Waals surface area contributed by atoms with Gasteiger partial charge in [0, 0.05) is 0 Å². The van der Waals surface area contributed by atoms with E-state index in [2.05, 4.69) is 0 Å². The predicted molar refractivity (Wildman–Crippen MR) is 23.3 cm³/mol. The second kappa shape index (κ2) is 1.92. The van der Waals surface area contributed by atoms with Crippen LogP contribution in [0.15, 0.2) is 0 Å². The number of nitrogens with zero attached hydrogens (tertiary/aromatic N) is 1. The van der Waals surface area contributed by atoms with E-state index in [9.17, 15) is 0 Å². The highest BCUT2D eigenvalue weighted by atomic mass is 16.3. The van der Waals surface area contributed by atoms with E-state index in [1.807, 2.05) is 0 Å². The van der Waals surface area contributed by atoms with E-state index in [4.69, 9.17) is 15.5 Å². The standard InChI is InChI=1S/C4H7NO2/c1-4(7,2-5)3-6/h6-7H,3H2,1H3.